The van der Waals surface area contributed by atoms with Gasteiger partial charge in [0.05, 0.1) is 18.8 Å². The number of amides is 1. The number of ether oxygens (including phenoxy) is 1. The molecule has 2 aromatic rings. The first kappa shape index (κ1) is 21.1. The second kappa shape index (κ2) is 9.80. The van der Waals surface area contributed by atoms with Crippen LogP contribution in [0, 0.1) is 12.8 Å². The second-order valence-electron chi connectivity index (χ2n) is 8.26. The van der Waals surface area contributed by atoms with Crippen molar-refractivity contribution in [3.05, 3.63) is 29.0 Å². The number of aromatic nitrogens is 3. The minimum Gasteiger partial charge on any atom is -0.368 e. The lowest BCUT2D eigenvalue weighted by atomic mass is 9.99. The summed E-state index contributed by atoms with van der Waals surface area (Å²) in [5, 5.41) is 11.9. The third kappa shape index (κ3) is 5.53. The number of piperidine rings is 1. The summed E-state index contributed by atoms with van der Waals surface area (Å²) in [6.45, 7) is 9.07. The Balaban J connectivity index is 1.35. The molecule has 30 heavy (non-hydrogen) atoms. The molecule has 0 bridgehead atoms. The number of anilines is 2. The molecule has 2 aliphatic rings. The number of morpholine rings is 1. The lowest BCUT2D eigenvalue weighted by Gasteiger charge is -2.34. The standard InChI is InChI=1S/C21H30N6O2S/c1-15-3-6-26(7-4-15)8-5-20(28)27-9-10-29-19(13-27)18-12-17(11-16(2)23-18)24-21-25-22-14-30-21/h11-12,14-15,19H,3-10,13H2,1-2H3,(H,23,24,25)/t19-/m0/s1. The van der Waals surface area contributed by atoms with Crippen molar-refractivity contribution in [2.75, 3.05) is 44.6 Å². The van der Waals surface area contributed by atoms with E-state index in [-0.39, 0.29) is 12.0 Å². The minimum atomic E-state index is -0.214. The highest BCUT2D eigenvalue weighted by Gasteiger charge is 2.27. The maximum Gasteiger partial charge on any atom is 0.224 e. The molecule has 162 valence electrons. The van der Waals surface area contributed by atoms with E-state index in [0.717, 1.165) is 47.8 Å². The zero-order valence-electron chi connectivity index (χ0n) is 17.7. The first-order valence-corrected chi connectivity index (χ1v) is 11.6. The number of nitrogens with one attached hydrogen (secondary N) is 1. The molecule has 1 atom stereocenters. The van der Waals surface area contributed by atoms with Crippen molar-refractivity contribution in [3.8, 4) is 0 Å². The van der Waals surface area contributed by atoms with E-state index in [1.807, 2.05) is 24.0 Å². The van der Waals surface area contributed by atoms with Crippen LogP contribution >= 0.6 is 11.3 Å². The third-order valence-electron chi connectivity index (χ3n) is 5.85. The molecule has 0 radical (unpaired) electrons. The lowest BCUT2D eigenvalue weighted by Crippen LogP contribution is -2.44. The van der Waals surface area contributed by atoms with Crippen molar-refractivity contribution in [2.24, 2.45) is 5.92 Å². The number of pyridine rings is 1. The molecule has 0 aromatic carbocycles. The van der Waals surface area contributed by atoms with Crippen LogP contribution in [-0.4, -0.2) is 70.2 Å². The van der Waals surface area contributed by atoms with Crippen molar-refractivity contribution < 1.29 is 9.53 Å². The van der Waals surface area contributed by atoms with Crippen molar-refractivity contribution in [2.45, 2.75) is 39.2 Å². The molecule has 9 heteroatoms. The van der Waals surface area contributed by atoms with Gasteiger partial charge in [0.15, 0.2) is 0 Å². The summed E-state index contributed by atoms with van der Waals surface area (Å²) in [4.78, 5) is 21.8. The van der Waals surface area contributed by atoms with Crippen LogP contribution in [0.1, 0.15) is 43.7 Å². The first-order valence-electron chi connectivity index (χ1n) is 10.7. The molecule has 1 amide bonds. The monoisotopic (exact) mass is 430 g/mol. The van der Waals surface area contributed by atoms with Gasteiger partial charge in [0.1, 0.15) is 11.6 Å². The topological polar surface area (TPSA) is 83.5 Å². The van der Waals surface area contributed by atoms with Crippen LogP contribution in [0.4, 0.5) is 10.8 Å². The molecular weight excluding hydrogens is 400 g/mol. The van der Waals surface area contributed by atoms with Gasteiger partial charge >= 0.3 is 0 Å². The van der Waals surface area contributed by atoms with Gasteiger partial charge in [-0.15, -0.1) is 10.2 Å². The SMILES string of the molecule is Cc1cc(Nc2nncs2)cc([C@@H]2CN(C(=O)CCN3CCC(C)CC3)CCO2)n1. The van der Waals surface area contributed by atoms with E-state index in [2.05, 4.69) is 32.3 Å². The summed E-state index contributed by atoms with van der Waals surface area (Å²) < 4.78 is 5.98. The van der Waals surface area contributed by atoms with Gasteiger partial charge in [0.25, 0.3) is 0 Å². The lowest BCUT2D eigenvalue weighted by molar-refractivity contribution is -0.139. The van der Waals surface area contributed by atoms with Crippen molar-refractivity contribution in [1.29, 1.82) is 0 Å². The van der Waals surface area contributed by atoms with Gasteiger partial charge in [0.2, 0.25) is 11.0 Å². The maximum atomic E-state index is 12.8. The molecule has 0 unspecified atom stereocenters. The van der Waals surface area contributed by atoms with Crippen LogP contribution in [0.3, 0.4) is 0 Å². The van der Waals surface area contributed by atoms with E-state index >= 15 is 0 Å². The normalized spacial score (nSPS) is 21.0. The van der Waals surface area contributed by atoms with Crippen LogP contribution in [0.5, 0.6) is 0 Å². The second-order valence-corrected chi connectivity index (χ2v) is 9.10. The number of aryl methyl sites for hydroxylation is 1. The highest BCUT2D eigenvalue weighted by Crippen LogP contribution is 2.26. The van der Waals surface area contributed by atoms with Crippen LogP contribution in [0.25, 0.3) is 0 Å². The van der Waals surface area contributed by atoms with Gasteiger partial charge in [-0.1, -0.05) is 18.3 Å². The van der Waals surface area contributed by atoms with E-state index in [9.17, 15) is 4.79 Å². The van der Waals surface area contributed by atoms with Crippen molar-refractivity contribution in [1.82, 2.24) is 25.0 Å². The fourth-order valence-electron chi connectivity index (χ4n) is 4.03. The third-order valence-corrected chi connectivity index (χ3v) is 6.46. The summed E-state index contributed by atoms with van der Waals surface area (Å²) in [6, 6.07) is 3.94. The molecular formula is C21H30N6O2S. The number of carbonyl (C=O) groups is 1. The Bertz CT molecular complexity index is 838. The average Bonchev–Trinajstić information content (AvgIpc) is 3.26. The quantitative estimate of drug-likeness (QED) is 0.754. The van der Waals surface area contributed by atoms with Gasteiger partial charge in [-0.05, 0) is 50.9 Å². The first-order chi connectivity index (χ1) is 14.6. The number of carbonyl (C=O) groups excluding carboxylic acids is 1. The predicted molar refractivity (Wildman–Crippen MR) is 117 cm³/mol. The molecule has 4 rings (SSSR count). The number of likely N-dealkylation sites (tertiary alicyclic amines) is 1. The van der Waals surface area contributed by atoms with Crippen LogP contribution in [-0.2, 0) is 9.53 Å². The predicted octanol–water partition coefficient (Wildman–Crippen LogP) is 3.01. The fourth-order valence-corrected chi connectivity index (χ4v) is 4.50. The van der Waals surface area contributed by atoms with E-state index < -0.39 is 0 Å². The smallest absolute Gasteiger partial charge is 0.224 e. The van der Waals surface area contributed by atoms with Crippen LogP contribution in [0.2, 0.25) is 0 Å². The Hall–Kier alpha value is -2.10. The zero-order valence-corrected chi connectivity index (χ0v) is 18.5. The highest BCUT2D eigenvalue weighted by molar-refractivity contribution is 7.13. The summed E-state index contributed by atoms with van der Waals surface area (Å²) in [5.41, 5.74) is 4.33. The molecule has 2 fully saturated rings. The summed E-state index contributed by atoms with van der Waals surface area (Å²) in [6.07, 6.45) is 2.83. The van der Waals surface area contributed by atoms with Crippen LogP contribution in [0.15, 0.2) is 17.6 Å². The van der Waals surface area contributed by atoms with E-state index in [1.165, 1.54) is 24.2 Å². The van der Waals surface area contributed by atoms with Crippen molar-refractivity contribution in [3.63, 3.8) is 0 Å². The Labute approximate surface area is 181 Å². The molecule has 0 aliphatic carbocycles. The molecule has 4 heterocycles. The van der Waals surface area contributed by atoms with Gasteiger partial charge in [-0.2, -0.15) is 0 Å². The summed E-state index contributed by atoms with van der Waals surface area (Å²) in [5.74, 6) is 1.02. The Morgan fingerprint density at radius 1 is 1.30 bits per heavy atom. The summed E-state index contributed by atoms with van der Waals surface area (Å²) in [7, 11) is 0. The molecule has 2 saturated heterocycles. The largest absolute Gasteiger partial charge is 0.368 e. The molecule has 0 spiro atoms. The van der Waals surface area contributed by atoms with Crippen molar-refractivity contribution >= 4 is 28.1 Å². The maximum absolute atomic E-state index is 12.8. The minimum absolute atomic E-state index is 0.210. The molecule has 1 N–H and O–H groups in total. The summed E-state index contributed by atoms with van der Waals surface area (Å²) >= 11 is 1.44. The Morgan fingerprint density at radius 2 is 2.13 bits per heavy atom. The van der Waals surface area contributed by atoms with Gasteiger partial charge in [-0.3, -0.25) is 9.78 Å². The number of rotatable bonds is 6. The number of hydrogen-bond donors (Lipinski definition) is 1. The van der Waals surface area contributed by atoms with E-state index in [0.29, 0.717) is 26.1 Å². The fraction of sp³-hybridized carbons (Fsp3) is 0.619. The molecule has 8 nitrogen and oxygen atoms in total. The molecule has 0 saturated carbocycles. The Morgan fingerprint density at radius 3 is 2.90 bits per heavy atom. The molecule has 2 aromatic heterocycles. The van der Waals surface area contributed by atoms with Crippen LogP contribution < -0.4 is 5.32 Å². The highest BCUT2D eigenvalue weighted by atomic mass is 32.1. The number of hydrogen-bond acceptors (Lipinski definition) is 8. The van der Waals surface area contributed by atoms with Gasteiger partial charge in [0, 0.05) is 30.9 Å². The van der Waals surface area contributed by atoms with Gasteiger partial charge in [-0.25, -0.2) is 0 Å². The van der Waals surface area contributed by atoms with Gasteiger partial charge < -0.3 is 19.9 Å². The van der Waals surface area contributed by atoms with E-state index in [1.54, 1.807) is 5.51 Å². The zero-order chi connectivity index (χ0) is 20.9. The Kier molecular flexibility index (Phi) is 6.91. The van der Waals surface area contributed by atoms with E-state index in [4.69, 9.17) is 4.74 Å². The molecule has 2 aliphatic heterocycles. The average molecular weight is 431 g/mol. The number of nitrogens with zero attached hydrogens (tertiary/aromatic N) is 5.